The minimum absolute atomic E-state index is 0.00764. The van der Waals surface area contributed by atoms with Gasteiger partial charge in [-0.1, -0.05) is 17.7 Å². The predicted molar refractivity (Wildman–Crippen MR) is 71.8 cm³/mol. The summed E-state index contributed by atoms with van der Waals surface area (Å²) in [6.45, 7) is 7.19. The largest absolute Gasteiger partial charge is 0.369 e. The molecule has 1 aromatic rings. The Bertz CT molecular complexity index is 448. The van der Waals surface area contributed by atoms with Gasteiger partial charge in [0.2, 0.25) is 0 Å². The molecule has 0 aromatic heterocycles. The van der Waals surface area contributed by atoms with Gasteiger partial charge < -0.3 is 15.4 Å². The molecule has 0 aliphatic carbocycles. The van der Waals surface area contributed by atoms with Crippen LogP contribution in [0.5, 0.6) is 0 Å². The summed E-state index contributed by atoms with van der Waals surface area (Å²) in [5.74, 6) is -0.00764. The van der Waals surface area contributed by atoms with Gasteiger partial charge in [0.1, 0.15) is 6.61 Å². The first-order valence-corrected chi connectivity index (χ1v) is 6.22. The topological polar surface area (TPSA) is 55.6 Å². The number of hydrogen-bond donors (Lipinski definition) is 1. The van der Waals surface area contributed by atoms with Gasteiger partial charge in [-0.15, -0.1) is 0 Å². The molecule has 0 saturated carbocycles. The van der Waals surface area contributed by atoms with E-state index >= 15 is 0 Å². The molecule has 1 heterocycles. The van der Waals surface area contributed by atoms with Crippen molar-refractivity contribution in [3.63, 3.8) is 0 Å². The van der Waals surface area contributed by atoms with Gasteiger partial charge in [-0.3, -0.25) is 4.79 Å². The Morgan fingerprint density at radius 2 is 1.94 bits per heavy atom. The molecule has 1 atom stereocenters. The minimum Gasteiger partial charge on any atom is -0.369 e. The average molecular weight is 248 g/mol. The molecule has 1 aliphatic heterocycles. The number of benzene rings is 1. The van der Waals surface area contributed by atoms with E-state index in [1.54, 1.807) is 0 Å². The van der Waals surface area contributed by atoms with E-state index < -0.39 is 0 Å². The van der Waals surface area contributed by atoms with Crippen molar-refractivity contribution in [1.29, 1.82) is 0 Å². The zero-order valence-electron chi connectivity index (χ0n) is 11.2. The maximum Gasteiger partial charge on any atom is 0.253 e. The van der Waals surface area contributed by atoms with Crippen molar-refractivity contribution < 1.29 is 9.53 Å². The van der Waals surface area contributed by atoms with E-state index in [0.717, 1.165) is 16.8 Å². The SMILES string of the molecule is Cc1cc(C)c(N2C(=O)COCC2CN)c(C)c1. The quantitative estimate of drug-likeness (QED) is 0.858. The van der Waals surface area contributed by atoms with Crippen molar-refractivity contribution >= 4 is 11.6 Å². The summed E-state index contributed by atoms with van der Waals surface area (Å²) >= 11 is 0. The third kappa shape index (κ3) is 2.26. The van der Waals surface area contributed by atoms with Gasteiger partial charge in [-0.2, -0.15) is 0 Å². The molecule has 0 radical (unpaired) electrons. The molecular weight excluding hydrogens is 228 g/mol. The molecule has 1 aliphatic rings. The van der Waals surface area contributed by atoms with Gasteiger partial charge in [0.05, 0.1) is 18.3 Å². The van der Waals surface area contributed by atoms with Crippen LogP contribution in [0.15, 0.2) is 12.1 Å². The van der Waals surface area contributed by atoms with Crippen molar-refractivity contribution in [2.75, 3.05) is 24.7 Å². The van der Waals surface area contributed by atoms with E-state index in [2.05, 4.69) is 19.1 Å². The summed E-state index contributed by atoms with van der Waals surface area (Å²) in [5, 5.41) is 0. The number of carbonyl (C=O) groups is 1. The number of ether oxygens (including phenoxy) is 1. The fraction of sp³-hybridized carbons (Fsp3) is 0.500. The molecule has 1 aromatic carbocycles. The first-order chi connectivity index (χ1) is 8.54. The van der Waals surface area contributed by atoms with Crippen molar-refractivity contribution in [3.05, 3.63) is 28.8 Å². The van der Waals surface area contributed by atoms with Crippen molar-refractivity contribution in [3.8, 4) is 0 Å². The Balaban J connectivity index is 2.48. The number of morpholine rings is 1. The number of nitrogens with zero attached hydrogens (tertiary/aromatic N) is 1. The third-order valence-electron chi connectivity index (χ3n) is 3.32. The lowest BCUT2D eigenvalue weighted by atomic mass is 10.0. The molecule has 0 bridgehead atoms. The van der Waals surface area contributed by atoms with Crippen LogP contribution in [0.2, 0.25) is 0 Å². The monoisotopic (exact) mass is 248 g/mol. The summed E-state index contributed by atoms with van der Waals surface area (Å²) in [6.07, 6.45) is 0. The Labute approximate surface area is 108 Å². The molecule has 1 fully saturated rings. The zero-order chi connectivity index (χ0) is 13.3. The maximum atomic E-state index is 12.1. The molecule has 1 unspecified atom stereocenters. The van der Waals surface area contributed by atoms with Crippen LogP contribution in [0.25, 0.3) is 0 Å². The molecular formula is C14H20N2O2. The highest BCUT2D eigenvalue weighted by atomic mass is 16.5. The molecule has 2 rings (SSSR count). The molecule has 98 valence electrons. The normalized spacial score (nSPS) is 20.3. The van der Waals surface area contributed by atoms with Crippen molar-refractivity contribution in [2.45, 2.75) is 26.8 Å². The number of hydrogen-bond acceptors (Lipinski definition) is 3. The predicted octanol–water partition coefficient (Wildman–Crippen LogP) is 1.30. The van der Waals surface area contributed by atoms with Crippen molar-refractivity contribution in [2.24, 2.45) is 5.73 Å². The molecule has 0 spiro atoms. The number of carbonyl (C=O) groups excluding carboxylic acids is 1. The summed E-state index contributed by atoms with van der Waals surface area (Å²) in [6, 6.07) is 4.13. The highest BCUT2D eigenvalue weighted by Crippen LogP contribution is 2.29. The smallest absolute Gasteiger partial charge is 0.253 e. The van der Waals surface area contributed by atoms with Gasteiger partial charge >= 0.3 is 0 Å². The second-order valence-electron chi connectivity index (χ2n) is 4.92. The summed E-state index contributed by atoms with van der Waals surface area (Å²) in [7, 11) is 0. The maximum absolute atomic E-state index is 12.1. The Morgan fingerprint density at radius 1 is 1.33 bits per heavy atom. The van der Waals surface area contributed by atoms with Gasteiger partial charge in [0.25, 0.3) is 5.91 Å². The van der Waals surface area contributed by atoms with Crippen molar-refractivity contribution in [1.82, 2.24) is 0 Å². The van der Waals surface area contributed by atoms with Crippen LogP contribution >= 0.6 is 0 Å². The number of aryl methyl sites for hydroxylation is 3. The molecule has 18 heavy (non-hydrogen) atoms. The van der Waals surface area contributed by atoms with Crippen LogP contribution in [0.3, 0.4) is 0 Å². The van der Waals surface area contributed by atoms with Crippen LogP contribution in [0.1, 0.15) is 16.7 Å². The Hall–Kier alpha value is -1.39. The average Bonchev–Trinajstić information content (AvgIpc) is 2.29. The van der Waals surface area contributed by atoms with E-state index in [-0.39, 0.29) is 18.6 Å². The Kier molecular flexibility index (Phi) is 3.68. The lowest BCUT2D eigenvalue weighted by molar-refractivity contribution is -0.127. The number of nitrogens with two attached hydrogens (primary N) is 1. The standard InChI is InChI=1S/C14H20N2O2/c1-9-4-10(2)14(11(3)5-9)16-12(6-15)7-18-8-13(16)17/h4-5,12H,6-8,15H2,1-3H3. The van der Waals surface area contributed by atoms with Crippen LogP contribution in [-0.2, 0) is 9.53 Å². The van der Waals surface area contributed by atoms with E-state index in [0.29, 0.717) is 13.2 Å². The first kappa shape index (κ1) is 13.1. The van der Waals surface area contributed by atoms with E-state index in [1.807, 2.05) is 18.7 Å². The van der Waals surface area contributed by atoms with E-state index in [4.69, 9.17) is 10.5 Å². The fourth-order valence-corrected chi connectivity index (χ4v) is 2.66. The van der Waals surface area contributed by atoms with E-state index in [9.17, 15) is 4.79 Å². The minimum atomic E-state index is -0.0636. The van der Waals surface area contributed by atoms with Gasteiger partial charge in [0.15, 0.2) is 0 Å². The number of rotatable bonds is 2. The molecule has 1 saturated heterocycles. The van der Waals surface area contributed by atoms with E-state index in [1.165, 1.54) is 5.56 Å². The van der Waals surface area contributed by atoms with Gasteiger partial charge in [-0.05, 0) is 31.9 Å². The molecule has 4 nitrogen and oxygen atoms in total. The highest BCUT2D eigenvalue weighted by molar-refractivity contribution is 5.97. The molecule has 4 heteroatoms. The zero-order valence-corrected chi connectivity index (χ0v) is 11.2. The number of amides is 1. The Morgan fingerprint density at radius 3 is 2.50 bits per heavy atom. The molecule has 1 amide bonds. The lowest BCUT2D eigenvalue weighted by Gasteiger charge is -2.36. The fourth-order valence-electron chi connectivity index (χ4n) is 2.66. The van der Waals surface area contributed by atoms with Crippen LogP contribution < -0.4 is 10.6 Å². The third-order valence-corrected chi connectivity index (χ3v) is 3.32. The number of anilines is 1. The second kappa shape index (κ2) is 5.08. The van der Waals surface area contributed by atoms with Crippen LogP contribution in [-0.4, -0.2) is 31.7 Å². The first-order valence-electron chi connectivity index (χ1n) is 6.22. The summed E-state index contributed by atoms with van der Waals surface area (Å²) in [5.41, 5.74) is 10.2. The molecule has 2 N–H and O–H groups in total. The van der Waals surface area contributed by atoms with Crippen LogP contribution in [0, 0.1) is 20.8 Å². The van der Waals surface area contributed by atoms with Gasteiger partial charge in [0, 0.05) is 6.54 Å². The van der Waals surface area contributed by atoms with Gasteiger partial charge in [-0.25, -0.2) is 0 Å². The second-order valence-corrected chi connectivity index (χ2v) is 4.92. The lowest BCUT2D eigenvalue weighted by Crippen LogP contribution is -2.53. The summed E-state index contributed by atoms with van der Waals surface area (Å²) in [4.78, 5) is 13.9. The van der Waals surface area contributed by atoms with Crippen LogP contribution in [0.4, 0.5) is 5.69 Å². The summed E-state index contributed by atoms with van der Waals surface area (Å²) < 4.78 is 5.27. The highest BCUT2D eigenvalue weighted by Gasteiger charge is 2.30.